The number of halogens is 3. The maximum absolute atomic E-state index is 14.7. The van der Waals surface area contributed by atoms with Crippen molar-refractivity contribution in [3.05, 3.63) is 47.4 Å². The molecule has 4 heterocycles. The molecule has 0 spiro atoms. The Kier molecular flexibility index (Phi) is 4.02. The maximum Gasteiger partial charge on any atom is 0.159 e. The van der Waals surface area contributed by atoms with E-state index in [1.54, 1.807) is 34.6 Å². The second-order valence-electron chi connectivity index (χ2n) is 7.01. The molecule has 0 bridgehead atoms. The van der Waals surface area contributed by atoms with Crippen LogP contribution in [0, 0.1) is 12.7 Å². The second kappa shape index (κ2) is 6.48. The lowest BCUT2D eigenvalue weighted by Gasteiger charge is -2.35. The zero-order valence-corrected chi connectivity index (χ0v) is 16.4. The van der Waals surface area contributed by atoms with E-state index in [2.05, 4.69) is 20.2 Å². The van der Waals surface area contributed by atoms with Crippen molar-refractivity contribution < 1.29 is 8.78 Å². The number of imidazole rings is 1. The van der Waals surface area contributed by atoms with Gasteiger partial charge in [0, 0.05) is 23.2 Å². The Morgan fingerprint density at radius 3 is 2.69 bits per heavy atom. The third kappa shape index (κ3) is 2.76. The van der Waals surface area contributed by atoms with Crippen LogP contribution in [-0.2, 0) is 7.05 Å². The Morgan fingerprint density at radius 1 is 1.17 bits per heavy atom. The maximum atomic E-state index is 14.7. The molecule has 0 N–H and O–H groups in total. The minimum absolute atomic E-state index is 0.266. The first-order chi connectivity index (χ1) is 13.9. The molecule has 1 aromatic carbocycles. The molecule has 7 nitrogen and oxygen atoms in total. The number of anilines is 1. The summed E-state index contributed by atoms with van der Waals surface area (Å²) in [6.07, 6.45) is 2.18. The average molecular weight is 416 g/mol. The van der Waals surface area contributed by atoms with Gasteiger partial charge in [-0.2, -0.15) is 10.2 Å². The third-order valence-corrected chi connectivity index (χ3v) is 5.33. The summed E-state index contributed by atoms with van der Waals surface area (Å²) < 4.78 is 31.4. The molecule has 4 aromatic rings. The summed E-state index contributed by atoms with van der Waals surface area (Å²) in [5.41, 5.74) is 2.75. The lowest BCUT2D eigenvalue weighted by molar-refractivity contribution is 0.273. The van der Waals surface area contributed by atoms with E-state index in [4.69, 9.17) is 11.6 Å². The summed E-state index contributed by atoms with van der Waals surface area (Å²) in [6.45, 7) is 2.35. The molecule has 5 rings (SSSR count). The van der Waals surface area contributed by atoms with E-state index >= 15 is 0 Å². The highest BCUT2D eigenvalue weighted by atomic mass is 35.5. The van der Waals surface area contributed by atoms with Gasteiger partial charge < -0.3 is 4.90 Å². The SMILES string of the molecule is Cc1nc(-c2cnn(C)c2-c2ccc(Cl)cc2F)c2c(N3CC(F)C3)ncnn12. The predicted molar refractivity (Wildman–Crippen MR) is 105 cm³/mol. The molecule has 148 valence electrons. The monoisotopic (exact) mass is 415 g/mol. The van der Waals surface area contributed by atoms with Crippen molar-refractivity contribution >= 4 is 22.9 Å². The summed E-state index contributed by atoms with van der Waals surface area (Å²) in [5.74, 6) is 0.778. The van der Waals surface area contributed by atoms with E-state index in [1.165, 1.54) is 12.4 Å². The molecule has 0 unspecified atom stereocenters. The van der Waals surface area contributed by atoms with Gasteiger partial charge in [-0.3, -0.25) is 4.68 Å². The summed E-state index contributed by atoms with van der Waals surface area (Å²) in [4.78, 5) is 10.9. The number of nitrogens with zero attached hydrogens (tertiary/aromatic N) is 7. The fourth-order valence-electron chi connectivity index (χ4n) is 3.69. The van der Waals surface area contributed by atoms with E-state index in [-0.39, 0.29) is 13.1 Å². The van der Waals surface area contributed by atoms with E-state index in [0.29, 0.717) is 44.7 Å². The number of hydrogen-bond donors (Lipinski definition) is 0. The van der Waals surface area contributed by atoms with Gasteiger partial charge in [0.05, 0.1) is 25.0 Å². The lowest BCUT2D eigenvalue weighted by atomic mass is 10.0. The van der Waals surface area contributed by atoms with Gasteiger partial charge in [-0.25, -0.2) is 23.3 Å². The van der Waals surface area contributed by atoms with Crippen LogP contribution < -0.4 is 4.90 Å². The van der Waals surface area contributed by atoms with Gasteiger partial charge in [0.15, 0.2) is 5.82 Å². The van der Waals surface area contributed by atoms with Crippen LogP contribution in [-0.4, -0.2) is 48.6 Å². The molecule has 0 atom stereocenters. The Labute approximate surface area is 169 Å². The van der Waals surface area contributed by atoms with Crippen molar-refractivity contribution in [3.63, 3.8) is 0 Å². The molecule has 0 aliphatic carbocycles. The molecule has 1 fully saturated rings. The predicted octanol–water partition coefficient (Wildman–Crippen LogP) is 3.45. The van der Waals surface area contributed by atoms with Gasteiger partial charge >= 0.3 is 0 Å². The molecule has 3 aromatic heterocycles. The number of rotatable bonds is 3. The molecular weight excluding hydrogens is 400 g/mol. The van der Waals surface area contributed by atoms with Crippen LogP contribution in [0.5, 0.6) is 0 Å². The Balaban J connectivity index is 1.76. The van der Waals surface area contributed by atoms with Crippen LogP contribution >= 0.6 is 11.6 Å². The molecule has 1 saturated heterocycles. The van der Waals surface area contributed by atoms with Crippen molar-refractivity contribution in [3.8, 4) is 22.5 Å². The minimum Gasteiger partial charge on any atom is -0.349 e. The lowest BCUT2D eigenvalue weighted by Crippen LogP contribution is -2.49. The second-order valence-corrected chi connectivity index (χ2v) is 7.45. The first kappa shape index (κ1) is 18.0. The Bertz CT molecular complexity index is 1240. The van der Waals surface area contributed by atoms with Crippen molar-refractivity contribution in [1.29, 1.82) is 0 Å². The van der Waals surface area contributed by atoms with E-state index in [0.717, 1.165) is 0 Å². The minimum atomic E-state index is -0.880. The number of fused-ring (bicyclic) bond motifs is 1. The summed E-state index contributed by atoms with van der Waals surface area (Å²) in [5, 5.41) is 8.93. The number of benzene rings is 1. The highest BCUT2D eigenvalue weighted by Crippen LogP contribution is 2.38. The molecule has 1 aliphatic heterocycles. The fraction of sp³-hybridized carbons (Fsp3) is 0.263. The molecule has 0 amide bonds. The Hall–Kier alpha value is -3.07. The van der Waals surface area contributed by atoms with Crippen LogP contribution in [0.15, 0.2) is 30.7 Å². The van der Waals surface area contributed by atoms with Crippen LogP contribution in [0.25, 0.3) is 28.0 Å². The Morgan fingerprint density at radius 2 is 1.97 bits per heavy atom. The largest absolute Gasteiger partial charge is 0.349 e. The molecule has 0 radical (unpaired) electrons. The first-order valence-corrected chi connectivity index (χ1v) is 9.39. The van der Waals surface area contributed by atoms with Crippen molar-refractivity contribution in [2.75, 3.05) is 18.0 Å². The van der Waals surface area contributed by atoms with E-state index in [9.17, 15) is 8.78 Å². The quantitative estimate of drug-likeness (QED) is 0.513. The average Bonchev–Trinajstić information content (AvgIpc) is 3.20. The first-order valence-electron chi connectivity index (χ1n) is 9.01. The molecule has 0 saturated carbocycles. The van der Waals surface area contributed by atoms with Crippen LogP contribution in [0.1, 0.15) is 5.82 Å². The summed E-state index contributed by atoms with van der Waals surface area (Å²) in [6, 6.07) is 4.51. The third-order valence-electron chi connectivity index (χ3n) is 5.09. The van der Waals surface area contributed by atoms with Gasteiger partial charge in [0.2, 0.25) is 0 Å². The summed E-state index contributed by atoms with van der Waals surface area (Å²) >= 11 is 5.92. The zero-order valence-electron chi connectivity index (χ0n) is 15.6. The normalized spacial score (nSPS) is 14.6. The molecule has 1 aliphatic rings. The number of aromatic nitrogens is 6. The standard InChI is InChI=1S/C19H16ClF2N7/c1-10-26-16(18-19(23-9-25-29(10)18)28-7-12(21)8-28)14-6-24-27(2)17(14)13-4-3-11(20)5-15(13)22/h3-6,9,12H,7-8H2,1-2H3. The zero-order chi connectivity index (χ0) is 20.3. The highest BCUT2D eigenvalue weighted by molar-refractivity contribution is 6.30. The molecule has 29 heavy (non-hydrogen) atoms. The van der Waals surface area contributed by atoms with Gasteiger partial charge in [-0.1, -0.05) is 11.6 Å². The van der Waals surface area contributed by atoms with Crippen LogP contribution in [0.3, 0.4) is 0 Å². The summed E-state index contributed by atoms with van der Waals surface area (Å²) in [7, 11) is 1.73. The van der Waals surface area contributed by atoms with Gasteiger partial charge in [-0.05, 0) is 25.1 Å². The number of alkyl halides is 1. The van der Waals surface area contributed by atoms with Crippen molar-refractivity contribution in [1.82, 2.24) is 29.4 Å². The van der Waals surface area contributed by atoms with Crippen LogP contribution in [0.4, 0.5) is 14.6 Å². The van der Waals surface area contributed by atoms with E-state index in [1.807, 2.05) is 11.8 Å². The van der Waals surface area contributed by atoms with Gasteiger partial charge in [-0.15, -0.1) is 0 Å². The highest BCUT2D eigenvalue weighted by Gasteiger charge is 2.31. The number of hydrogen-bond acceptors (Lipinski definition) is 5. The smallest absolute Gasteiger partial charge is 0.159 e. The van der Waals surface area contributed by atoms with Crippen LogP contribution in [0.2, 0.25) is 5.02 Å². The van der Waals surface area contributed by atoms with Crippen molar-refractivity contribution in [2.45, 2.75) is 13.1 Å². The molecule has 10 heteroatoms. The van der Waals surface area contributed by atoms with E-state index < -0.39 is 12.0 Å². The topological polar surface area (TPSA) is 64.1 Å². The molecular formula is C19H16ClF2N7. The number of aryl methyl sites for hydroxylation is 2. The van der Waals surface area contributed by atoms with Crippen molar-refractivity contribution in [2.24, 2.45) is 7.05 Å². The van der Waals surface area contributed by atoms with Gasteiger partial charge in [0.1, 0.15) is 35.4 Å². The van der Waals surface area contributed by atoms with Gasteiger partial charge in [0.25, 0.3) is 0 Å². The fourth-order valence-corrected chi connectivity index (χ4v) is 3.85.